The van der Waals surface area contributed by atoms with Crippen molar-refractivity contribution >= 4 is 5.82 Å². The third-order valence-electron chi connectivity index (χ3n) is 4.04. The molecule has 1 aliphatic rings. The maximum absolute atomic E-state index is 11.2. The monoisotopic (exact) mass is 299 g/mol. The first-order chi connectivity index (χ1) is 10.8. The van der Waals surface area contributed by atoms with Crippen molar-refractivity contribution in [1.29, 1.82) is 0 Å². The Kier molecular flexibility index (Phi) is 4.80. The molecule has 0 aromatic carbocycles. The topological polar surface area (TPSA) is 73.9 Å². The van der Waals surface area contributed by atoms with Gasteiger partial charge in [0.25, 0.3) is 5.56 Å². The molecule has 0 spiro atoms. The Balaban J connectivity index is 1.60. The molecule has 2 N–H and O–H groups in total. The molecule has 2 aromatic rings. The molecule has 1 aliphatic heterocycles. The van der Waals surface area contributed by atoms with Crippen LogP contribution in [0.4, 0.5) is 5.82 Å². The van der Waals surface area contributed by atoms with Crippen LogP contribution in [-0.4, -0.2) is 34.3 Å². The Labute approximate surface area is 129 Å². The fourth-order valence-electron chi connectivity index (χ4n) is 2.90. The van der Waals surface area contributed by atoms with Crippen LogP contribution < -0.4 is 15.8 Å². The molecule has 1 unspecified atom stereocenters. The average molecular weight is 299 g/mol. The summed E-state index contributed by atoms with van der Waals surface area (Å²) >= 11 is 0. The number of hydrogen-bond donors (Lipinski definition) is 2. The van der Waals surface area contributed by atoms with E-state index in [-0.39, 0.29) is 5.56 Å². The molecule has 0 saturated carbocycles. The lowest BCUT2D eigenvalue weighted by atomic mass is 10.0. The van der Waals surface area contributed by atoms with Gasteiger partial charge in [-0.3, -0.25) is 9.78 Å². The van der Waals surface area contributed by atoms with Crippen LogP contribution in [0.5, 0.6) is 0 Å². The summed E-state index contributed by atoms with van der Waals surface area (Å²) in [6.07, 6.45) is 7.18. The third-order valence-corrected chi connectivity index (χ3v) is 4.04. The molecule has 1 atom stereocenters. The van der Waals surface area contributed by atoms with Crippen LogP contribution in [0.25, 0.3) is 0 Å². The minimum atomic E-state index is -0.159. The van der Waals surface area contributed by atoms with Gasteiger partial charge in [0.1, 0.15) is 5.82 Å². The van der Waals surface area contributed by atoms with Crippen LogP contribution >= 0.6 is 0 Å². The van der Waals surface area contributed by atoms with Gasteiger partial charge in [0.2, 0.25) is 0 Å². The molecule has 3 rings (SSSR count). The zero-order valence-electron chi connectivity index (χ0n) is 12.5. The van der Waals surface area contributed by atoms with Crippen molar-refractivity contribution in [3.05, 3.63) is 52.6 Å². The van der Waals surface area contributed by atoms with E-state index in [1.807, 2.05) is 24.5 Å². The zero-order valence-corrected chi connectivity index (χ0v) is 12.5. The SMILES string of the molecule is O=c1ccc(N2CCCCC2CNCc2ccncc2)n[nH]1. The minimum Gasteiger partial charge on any atom is -0.351 e. The van der Waals surface area contributed by atoms with Gasteiger partial charge in [-0.1, -0.05) is 0 Å². The van der Waals surface area contributed by atoms with Crippen LogP contribution in [0.3, 0.4) is 0 Å². The van der Waals surface area contributed by atoms with Crippen molar-refractivity contribution in [3.8, 4) is 0 Å². The van der Waals surface area contributed by atoms with Crippen molar-refractivity contribution in [2.45, 2.75) is 31.8 Å². The summed E-state index contributed by atoms with van der Waals surface area (Å²) in [5.41, 5.74) is 1.08. The van der Waals surface area contributed by atoms with E-state index in [4.69, 9.17) is 0 Å². The standard InChI is InChI=1S/C16H21N5O/c22-16-5-4-15(19-20-16)21-10-2-1-3-14(21)12-18-11-13-6-8-17-9-7-13/h4-9,14,18H,1-3,10-12H2,(H,20,22). The summed E-state index contributed by atoms with van der Waals surface area (Å²) in [5, 5.41) is 10.2. The van der Waals surface area contributed by atoms with E-state index in [2.05, 4.69) is 25.4 Å². The highest BCUT2D eigenvalue weighted by atomic mass is 16.1. The lowest BCUT2D eigenvalue weighted by Crippen LogP contribution is -2.46. The molecule has 0 amide bonds. The number of anilines is 1. The normalized spacial score (nSPS) is 18.4. The van der Waals surface area contributed by atoms with Gasteiger partial charge < -0.3 is 10.2 Å². The van der Waals surface area contributed by atoms with Gasteiger partial charge in [-0.2, -0.15) is 5.10 Å². The molecule has 1 saturated heterocycles. The first kappa shape index (κ1) is 14.7. The molecule has 2 aromatic heterocycles. The predicted octanol–water partition coefficient (Wildman–Crippen LogP) is 1.31. The van der Waals surface area contributed by atoms with E-state index in [9.17, 15) is 4.79 Å². The molecular weight excluding hydrogens is 278 g/mol. The number of nitrogens with one attached hydrogen (secondary N) is 2. The highest BCUT2D eigenvalue weighted by molar-refractivity contribution is 5.38. The molecule has 6 nitrogen and oxygen atoms in total. The number of rotatable bonds is 5. The quantitative estimate of drug-likeness (QED) is 0.871. The average Bonchev–Trinajstić information content (AvgIpc) is 2.57. The van der Waals surface area contributed by atoms with Gasteiger partial charge in [-0.15, -0.1) is 0 Å². The second-order valence-electron chi connectivity index (χ2n) is 5.61. The summed E-state index contributed by atoms with van der Waals surface area (Å²) in [7, 11) is 0. The fourth-order valence-corrected chi connectivity index (χ4v) is 2.90. The van der Waals surface area contributed by atoms with Crippen molar-refractivity contribution in [2.75, 3.05) is 18.0 Å². The van der Waals surface area contributed by atoms with Gasteiger partial charge in [-0.05, 0) is 43.0 Å². The number of pyridine rings is 1. The predicted molar refractivity (Wildman–Crippen MR) is 85.8 cm³/mol. The molecule has 22 heavy (non-hydrogen) atoms. The summed E-state index contributed by atoms with van der Waals surface area (Å²) in [5.74, 6) is 0.856. The van der Waals surface area contributed by atoms with E-state index < -0.39 is 0 Å². The van der Waals surface area contributed by atoms with E-state index in [0.717, 1.165) is 31.9 Å². The Morgan fingerprint density at radius 2 is 2.09 bits per heavy atom. The van der Waals surface area contributed by atoms with Crippen LogP contribution in [0.2, 0.25) is 0 Å². The second kappa shape index (κ2) is 7.17. The Morgan fingerprint density at radius 3 is 2.86 bits per heavy atom. The molecule has 0 radical (unpaired) electrons. The molecular formula is C16H21N5O. The molecule has 0 aliphatic carbocycles. The Bertz CT molecular complexity index is 622. The number of aromatic amines is 1. The van der Waals surface area contributed by atoms with E-state index in [1.54, 1.807) is 12.1 Å². The maximum atomic E-state index is 11.2. The molecule has 6 heteroatoms. The summed E-state index contributed by atoms with van der Waals surface area (Å²) < 4.78 is 0. The highest BCUT2D eigenvalue weighted by Crippen LogP contribution is 2.21. The summed E-state index contributed by atoms with van der Waals surface area (Å²) in [4.78, 5) is 17.5. The fraction of sp³-hybridized carbons (Fsp3) is 0.438. The van der Waals surface area contributed by atoms with Gasteiger partial charge in [0, 0.05) is 44.1 Å². The second-order valence-corrected chi connectivity index (χ2v) is 5.61. The van der Waals surface area contributed by atoms with Crippen molar-refractivity contribution in [1.82, 2.24) is 20.5 Å². The third kappa shape index (κ3) is 3.71. The zero-order chi connectivity index (χ0) is 15.2. The smallest absolute Gasteiger partial charge is 0.264 e. The maximum Gasteiger partial charge on any atom is 0.264 e. The highest BCUT2D eigenvalue weighted by Gasteiger charge is 2.23. The van der Waals surface area contributed by atoms with E-state index >= 15 is 0 Å². The minimum absolute atomic E-state index is 0.159. The first-order valence-electron chi connectivity index (χ1n) is 7.75. The summed E-state index contributed by atoms with van der Waals surface area (Å²) in [6.45, 7) is 2.73. The largest absolute Gasteiger partial charge is 0.351 e. The number of piperidine rings is 1. The molecule has 3 heterocycles. The van der Waals surface area contributed by atoms with E-state index in [1.165, 1.54) is 18.4 Å². The van der Waals surface area contributed by atoms with E-state index in [0.29, 0.717) is 6.04 Å². The number of H-pyrrole nitrogens is 1. The van der Waals surface area contributed by atoms with Gasteiger partial charge >= 0.3 is 0 Å². The van der Waals surface area contributed by atoms with Crippen molar-refractivity contribution in [3.63, 3.8) is 0 Å². The van der Waals surface area contributed by atoms with Gasteiger partial charge in [-0.25, -0.2) is 5.10 Å². The van der Waals surface area contributed by atoms with Crippen LogP contribution in [-0.2, 0) is 6.54 Å². The number of nitrogens with zero attached hydrogens (tertiary/aromatic N) is 3. The Hall–Kier alpha value is -2.21. The van der Waals surface area contributed by atoms with Crippen LogP contribution in [0.15, 0.2) is 41.5 Å². The van der Waals surface area contributed by atoms with Gasteiger partial charge in [0.05, 0.1) is 0 Å². The Morgan fingerprint density at radius 1 is 1.23 bits per heavy atom. The summed E-state index contributed by atoms with van der Waals surface area (Å²) in [6, 6.07) is 7.80. The van der Waals surface area contributed by atoms with Crippen LogP contribution in [0.1, 0.15) is 24.8 Å². The molecule has 0 bridgehead atoms. The van der Waals surface area contributed by atoms with Crippen molar-refractivity contribution in [2.24, 2.45) is 0 Å². The lowest BCUT2D eigenvalue weighted by Gasteiger charge is -2.36. The van der Waals surface area contributed by atoms with Gasteiger partial charge in [0.15, 0.2) is 0 Å². The number of aromatic nitrogens is 3. The molecule has 116 valence electrons. The van der Waals surface area contributed by atoms with Crippen molar-refractivity contribution < 1.29 is 0 Å². The van der Waals surface area contributed by atoms with Crippen LogP contribution in [0, 0.1) is 0 Å². The molecule has 1 fully saturated rings. The number of hydrogen-bond acceptors (Lipinski definition) is 5. The lowest BCUT2D eigenvalue weighted by molar-refractivity contribution is 0.431. The first-order valence-corrected chi connectivity index (χ1v) is 7.75.